The second-order valence-corrected chi connectivity index (χ2v) is 3.87. The molecule has 0 radical (unpaired) electrons. The molecule has 0 unspecified atom stereocenters. The van der Waals surface area contributed by atoms with Crippen LogP contribution in [0, 0.1) is 6.92 Å². The smallest absolute Gasteiger partial charge is 0.213 e. The lowest BCUT2D eigenvalue weighted by Crippen LogP contribution is -2.19. The van der Waals surface area contributed by atoms with Crippen LogP contribution in [0.25, 0.3) is 0 Å². The molecule has 2 rings (SSSR count). The molecule has 0 aliphatic rings. The van der Waals surface area contributed by atoms with Crippen molar-refractivity contribution in [3.05, 3.63) is 29.7 Å². The van der Waals surface area contributed by atoms with Gasteiger partial charge in [0, 0.05) is 26.1 Å². The Morgan fingerprint density at radius 2 is 2.35 bits per heavy atom. The van der Waals surface area contributed by atoms with Crippen LogP contribution in [0.2, 0.25) is 0 Å². The highest BCUT2D eigenvalue weighted by Crippen LogP contribution is 2.03. The third-order valence-electron chi connectivity index (χ3n) is 2.52. The fourth-order valence-corrected chi connectivity index (χ4v) is 1.73. The molecular formula is C11H17N5O. The molecule has 0 aliphatic heterocycles. The number of hydrogen-bond donors (Lipinski definition) is 1. The Labute approximate surface area is 100 Å². The van der Waals surface area contributed by atoms with Crippen LogP contribution < -0.4 is 5.32 Å². The van der Waals surface area contributed by atoms with E-state index < -0.39 is 0 Å². The van der Waals surface area contributed by atoms with E-state index >= 15 is 0 Å². The van der Waals surface area contributed by atoms with E-state index in [1.54, 1.807) is 0 Å². The van der Waals surface area contributed by atoms with Crippen LogP contribution in [0.1, 0.15) is 24.1 Å². The van der Waals surface area contributed by atoms with Gasteiger partial charge in [0.1, 0.15) is 0 Å². The molecule has 0 spiro atoms. The second-order valence-electron chi connectivity index (χ2n) is 3.87. The number of aromatic nitrogens is 4. The van der Waals surface area contributed by atoms with Crippen molar-refractivity contribution in [3.8, 4) is 0 Å². The molecule has 92 valence electrons. The normalized spacial score (nSPS) is 10.9. The van der Waals surface area contributed by atoms with Crippen LogP contribution >= 0.6 is 0 Å². The van der Waals surface area contributed by atoms with Gasteiger partial charge in [0.15, 0.2) is 5.82 Å². The molecule has 0 saturated heterocycles. The minimum absolute atomic E-state index is 0.734. The van der Waals surface area contributed by atoms with Crippen molar-refractivity contribution < 1.29 is 4.52 Å². The van der Waals surface area contributed by atoms with Gasteiger partial charge in [-0.3, -0.25) is 4.68 Å². The maximum atomic E-state index is 4.67. The highest BCUT2D eigenvalue weighted by Gasteiger charge is 2.03. The summed E-state index contributed by atoms with van der Waals surface area (Å²) in [5.41, 5.74) is 2.26. The van der Waals surface area contributed by atoms with Crippen molar-refractivity contribution in [3.63, 3.8) is 0 Å². The van der Waals surface area contributed by atoms with Crippen LogP contribution in [-0.2, 0) is 19.5 Å². The first kappa shape index (κ1) is 11.8. The fraction of sp³-hybridized carbons (Fsp3) is 0.545. The number of rotatable bonds is 6. The van der Waals surface area contributed by atoms with Crippen molar-refractivity contribution in [2.45, 2.75) is 33.4 Å². The standard InChI is InChI=1S/C11H17N5O/c1-3-16-10(6-9(2)14-16)7-12-5-4-11-13-8-17-15-11/h6,8,12H,3-5,7H2,1-2H3. The molecule has 0 fully saturated rings. The molecule has 17 heavy (non-hydrogen) atoms. The summed E-state index contributed by atoms with van der Waals surface area (Å²) in [6.45, 7) is 6.64. The van der Waals surface area contributed by atoms with Gasteiger partial charge >= 0.3 is 0 Å². The molecule has 6 nitrogen and oxygen atoms in total. The highest BCUT2D eigenvalue weighted by atomic mass is 16.5. The Kier molecular flexibility index (Phi) is 3.87. The van der Waals surface area contributed by atoms with E-state index in [1.165, 1.54) is 12.1 Å². The lowest BCUT2D eigenvalue weighted by atomic mass is 10.3. The maximum absolute atomic E-state index is 4.67. The van der Waals surface area contributed by atoms with E-state index in [2.05, 4.69) is 38.1 Å². The molecule has 0 aromatic carbocycles. The van der Waals surface area contributed by atoms with Gasteiger partial charge in [0.2, 0.25) is 6.39 Å². The topological polar surface area (TPSA) is 68.8 Å². The lowest BCUT2D eigenvalue weighted by molar-refractivity contribution is 0.409. The van der Waals surface area contributed by atoms with Crippen molar-refractivity contribution in [1.82, 2.24) is 25.2 Å². The maximum Gasteiger partial charge on any atom is 0.213 e. The predicted molar refractivity (Wildman–Crippen MR) is 62.3 cm³/mol. The zero-order valence-electron chi connectivity index (χ0n) is 10.2. The first-order chi connectivity index (χ1) is 8.29. The molecule has 0 amide bonds. The third-order valence-corrected chi connectivity index (χ3v) is 2.52. The summed E-state index contributed by atoms with van der Waals surface area (Å²) in [4.78, 5) is 3.96. The highest BCUT2D eigenvalue weighted by molar-refractivity contribution is 5.08. The molecular weight excluding hydrogens is 218 g/mol. The molecule has 0 saturated carbocycles. The van der Waals surface area contributed by atoms with Gasteiger partial charge < -0.3 is 9.84 Å². The Morgan fingerprint density at radius 3 is 3.06 bits per heavy atom. The van der Waals surface area contributed by atoms with Crippen molar-refractivity contribution >= 4 is 0 Å². The van der Waals surface area contributed by atoms with Gasteiger partial charge in [0.05, 0.1) is 11.4 Å². The molecule has 0 atom stereocenters. The van der Waals surface area contributed by atoms with Crippen LogP contribution in [0.5, 0.6) is 0 Å². The summed E-state index contributed by atoms with van der Waals surface area (Å²) in [7, 11) is 0. The van der Waals surface area contributed by atoms with Gasteiger partial charge in [-0.25, -0.2) is 0 Å². The van der Waals surface area contributed by atoms with Crippen LogP contribution in [0.3, 0.4) is 0 Å². The Hall–Kier alpha value is -1.69. The van der Waals surface area contributed by atoms with Crippen LogP contribution in [-0.4, -0.2) is 26.5 Å². The zero-order chi connectivity index (χ0) is 12.1. The zero-order valence-corrected chi connectivity index (χ0v) is 10.2. The Morgan fingerprint density at radius 1 is 1.47 bits per heavy atom. The van der Waals surface area contributed by atoms with Crippen LogP contribution in [0.15, 0.2) is 17.0 Å². The van der Waals surface area contributed by atoms with Crippen molar-refractivity contribution in [1.29, 1.82) is 0 Å². The van der Waals surface area contributed by atoms with Gasteiger partial charge in [-0.1, -0.05) is 5.16 Å². The largest absolute Gasteiger partial charge is 0.343 e. The summed E-state index contributed by atoms with van der Waals surface area (Å²) < 4.78 is 6.68. The second kappa shape index (κ2) is 5.58. The molecule has 6 heteroatoms. The van der Waals surface area contributed by atoms with Gasteiger partial charge in [-0.15, -0.1) is 0 Å². The Bertz CT molecular complexity index is 448. The first-order valence-electron chi connectivity index (χ1n) is 5.79. The third kappa shape index (κ3) is 3.13. The van der Waals surface area contributed by atoms with E-state index in [0.29, 0.717) is 0 Å². The average Bonchev–Trinajstić information content (AvgIpc) is 2.93. The van der Waals surface area contributed by atoms with E-state index in [1.807, 2.05) is 11.6 Å². The van der Waals surface area contributed by atoms with Crippen molar-refractivity contribution in [2.75, 3.05) is 6.54 Å². The fourth-order valence-electron chi connectivity index (χ4n) is 1.73. The molecule has 1 N–H and O–H groups in total. The van der Waals surface area contributed by atoms with Crippen molar-refractivity contribution in [2.24, 2.45) is 0 Å². The quantitative estimate of drug-likeness (QED) is 0.754. The van der Waals surface area contributed by atoms with E-state index in [-0.39, 0.29) is 0 Å². The first-order valence-corrected chi connectivity index (χ1v) is 5.79. The number of hydrogen-bond acceptors (Lipinski definition) is 5. The molecule has 0 aliphatic carbocycles. The summed E-state index contributed by atoms with van der Waals surface area (Å²) in [6.07, 6.45) is 2.13. The van der Waals surface area contributed by atoms with E-state index in [9.17, 15) is 0 Å². The van der Waals surface area contributed by atoms with E-state index in [4.69, 9.17) is 0 Å². The monoisotopic (exact) mass is 235 g/mol. The SMILES string of the molecule is CCn1nc(C)cc1CNCCc1ncon1. The van der Waals surface area contributed by atoms with Crippen LogP contribution in [0.4, 0.5) is 0 Å². The molecule has 0 bridgehead atoms. The number of aryl methyl sites for hydroxylation is 2. The Balaban J connectivity index is 1.77. The van der Waals surface area contributed by atoms with E-state index in [0.717, 1.165) is 37.6 Å². The van der Waals surface area contributed by atoms with Gasteiger partial charge in [-0.05, 0) is 19.9 Å². The summed E-state index contributed by atoms with van der Waals surface area (Å²) in [5, 5.41) is 11.5. The number of nitrogens with zero attached hydrogens (tertiary/aromatic N) is 4. The lowest BCUT2D eigenvalue weighted by Gasteiger charge is -2.05. The molecule has 2 aromatic heterocycles. The van der Waals surface area contributed by atoms with Gasteiger partial charge in [-0.2, -0.15) is 10.1 Å². The number of nitrogens with one attached hydrogen (secondary N) is 1. The minimum atomic E-state index is 0.734. The minimum Gasteiger partial charge on any atom is -0.343 e. The summed E-state index contributed by atoms with van der Waals surface area (Å²) in [5.74, 6) is 0.734. The molecule has 2 aromatic rings. The molecule has 2 heterocycles. The predicted octanol–water partition coefficient (Wildman–Crippen LogP) is 0.927. The summed E-state index contributed by atoms with van der Waals surface area (Å²) in [6, 6.07) is 2.10. The van der Waals surface area contributed by atoms with Gasteiger partial charge in [0.25, 0.3) is 0 Å². The average molecular weight is 235 g/mol. The summed E-state index contributed by atoms with van der Waals surface area (Å²) >= 11 is 0.